The molecule has 0 aliphatic rings. The van der Waals surface area contributed by atoms with Crippen LogP contribution in [-0.4, -0.2) is 36.8 Å². The van der Waals surface area contributed by atoms with E-state index in [1.54, 1.807) is 6.92 Å². The minimum atomic E-state index is -0.782. The highest BCUT2D eigenvalue weighted by atomic mass is 35.5. The van der Waals surface area contributed by atoms with Crippen LogP contribution in [0.25, 0.3) is 11.4 Å². The fourth-order valence-corrected chi connectivity index (χ4v) is 2.23. The quantitative estimate of drug-likeness (QED) is 0.823. The Morgan fingerprint density at radius 3 is 2.58 bits per heavy atom. The molecule has 0 atom stereocenters. The molecule has 7 nitrogen and oxygen atoms in total. The molecule has 0 bridgehead atoms. The number of hydrogen-bond acceptors (Lipinski definition) is 7. The van der Waals surface area contributed by atoms with E-state index in [2.05, 4.69) is 14.7 Å². The zero-order valence-corrected chi connectivity index (χ0v) is 14.0. The highest BCUT2D eigenvalue weighted by Gasteiger charge is 2.24. The smallest absolute Gasteiger partial charge is 0.360 e. The predicted molar refractivity (Wildman–Crippen MR) is 85.9 cm³/mol. The number of esters is 1. The Kier molecular flexibility index (Phi) is 5.40. The van der Waals surface area contributed by atoms with Crippen LogP contribution in [0.3, 0.4) is 0 Å². The number of nitrogens with zero attached hydrogens (tertiary/aromatic N) is 2. The van der Waals surface area contributed by atoms with Crippen molar-refractivity contribution in [2.75, 3.05) is 26.6 Å². The van der Waals surface area contributed by atoms with E-state index in [9.17, 15) is 9.18 Å². The average molecular weight is 356 g/mol. The number of carbonyl (C=O) groups excluding carboxylic acids is 1. The van der Waals surface area contributed by atoms with Gasteiger partial charge in [-0.15, -0.1) is 0 Å². The second-order valence-electron chi connectivity index (χ2n) is 4.48. The topological polar surface area (TPSA) is 96.6 Å². The summed E-state index contributed by atoms with van der Waals surface area (Å²) in [5.74, 6) is -1.97. The van der Waals surface area contributed by atoms with Gasteiger partial charge in [-0.25, -0.2) is 19.2 Å². The minimum absolute atomic E-state index is 0.0190. The number of methoxy groups -OCH3 is 2. The summed E-state index contributed by atoms with van der Waals surface area (Å²) in [7, 11) is 2.46. The summed E-state index contributed by atoms with van der Waals surface area (Å²) in [6.45, 7) is 1.94. The first-order chi connectivity index (χ1) is 11.4. The molecule has 2 N–H and O–H groups in total. The van der Waals surface area contributed by atoms with Gasteiger partial charge in [-0.3, -0.25) is 0 Å². The van der Waals surface area contributed by atoms with Crippen LogP contribution in [0.1, 0.15) is 17.4 Å². The van der Waals surface area contributed by atoms with Crippen LogP contribution in [0.15, 0.2) is 12.1 Å². The molecule has 2 rings (SSSR count). The Hall–Kier alpha value is -2.61. The van der Waals surface area contributed by atoms with Crippen molar-refractivity contribution >= 4 is 23.4 Å². The number of aromatic nitrogens is 2. The van der Waals surface area contributed by atoms with Crippen molar-refractivity contribution in [3.8, 4) is 22.9 Å². The summed E-state index contributed by atoms with van der Waals surface area (Å²) in [6, 6.07) is 2.78. The SMILES string of the molecule is CCOc1c(N)nc(-c2ccc(Cl)c(OC)c2F)nc1C(=O)OC. The van der Waals surface area contributed by atoms with Gasteiger partial charge in [0.15, 0.2) is 34.7 Å². The first-order valence-corrected chi connectivity index (χ1v) is 7.23. The molecule has 0 saturated carbocycles. The molecular formula is C15H15ClFN3O4. The highest BCUT2D eigenvalue weighted by molar-refractivity contribution is 6.32. The Bertz CT molecular complexity index is 786. The van der Waals surface area contributed by atoms with Gasteiger partial charge in [0.05, 0.1) is 31.4 Å². The Morgan fingerprint density at radius 1 is 1.29 bits per heavy atom. The van der Waals surface area contributed by atoms with Crippen molar-refractivity contribution in [1.82, 2.24) is 9.97 Å². The molecule has 1 heterocycles. The number of carbonyl (C=O) groups is 1. The van der Waals surface area contributed by atoms with Gasteiger partial charge in [0.1, 0.15) is 0 Å². The zero-order chi connectivity index (χ0) is 17.9. The van der Waals surface area contributed by atoms with Crippen molar-refractivity contribution in [2.24, 2.45) is 0 Å². The van der Waals surface area contributed by atoms with E-state index < -0.39 is 11.8 Å². The molecule has 0 amide bonds. The third kappa shape index (κ3) is 3.18. The van der Waals surface area contributed by atoms with Crippen molar-refractivity contribution in [3.05, 3.63) is 28.7 Å². The van der Waals surface area contributed by atoms with Crippen molar-refractivity contribution in [3.63, 3.8) is 0 Å². The third-order valence-corrected chi connectivity index (χ3v) is 3.35. The second-order valence-corrected chi connectivity index (χ2v) is 4.88. The first-order valence-electron chi connectivity index (χ1n) is 6.85. The molecule has 0 aliphatic heterocycles. The number of anilines is 1. The maximum Gasteiger partial charge on any atom is 0.360 e. The standard InChI is InChI=1S/C15H15ClFN3O4/c1-4-24-12-10(15(21)23-3)19-14(20-13(12)18)7-5-6-8(16)11(22-2)9(7)17/h5-6H,4H2,1-3H3,(H2,18,19,20). The Balaban J connectivity index is 2.68. The van der Waals surface area contributed by atoms with Crippen LogP contribution >= 0.6 is 11.6 Å². The maximum absolute atomic E-state index is 14.5. The summed E-state index contributed by atoms with van der Waals surface area (Å²) in [6.07, 6.45) is 0. The lowest BCUT2D eigenvalue weighted by Crippen LogP contribution is -2.13. The van der Waals surface area contributed by atoms with E-state index in [-0.39, 0.29) is 46.0 Å². The molecule has 2 aromatic rings. The number of nitrogen functional groups attached to an aromatic ring is 1. The molecule has 0 saturated heterocycles. The van der Waals surface area contributed by atoms with Gasteiger partial charge in [-0.05, 0) is 19.1 Å². The molecule has 9 heteroatoms. The number of ether oxygens (including phenoxy) is 3. The predicted octanol–water partition coefficient (Wildman–Crippen LogP) is 2.71. The van der Waals surface area contributed by atoms with Crippen molar-refractivity contribution in [2.45, 2.75) is 6.92 Å². The van der Waals surface area contributed by atoms with E-state index >= 15 is 0 Å². The first kappa shape index (κ1) is 17.7. The lowest BCUT2D eigenvalue weighted by Gasteiger charge is -2.13. The number of benzene rings is 1. The maximum atomic E-state index is 14.5. The van der Waals surface area contributed by atoms with Crippen molar-refractivity contribution in [1.29, 1.82) is 0 Å². The second kappa shape index (κ2) is 7.31. The van der Waals surface area contributed by atoms with Gasteiger partial charge in [0.25, 0.3) is 0 Å². The highest BCUT2D eigenvalue weighted by Crippen LogP contribution is 2.35. The fraction of sp³-hybridized carbons (Fsp3) is 0.267. The van der Waals surface area contributed by atoms with E-state index in [0.717, 1.165) is 0 Å². The van der Waals surface area contributed by atoms with E-state index in [1.165, 1.54) is 26.4 Å². The lowest BCUT2D eigenvalue weighted by atomic mass is 10.1. The Morgan fingerprint density at radius 2 is 2.00 bits per heavy atom. The summed E-state index contributed by atoms with van der Waals surface area (Å²) in [4.78, 5) is 19.9. The summed E-state index contributed by atoms with van der Waals surface area (Å²) >= 11 is 5.87. The fourth-order valence-electron chi connectivity index (χ4n) is 2.00. The molecular weight excluding hydrogens is 341 g/mol. The third-order valence-electron chi connectivity index (χ3n) is 3.05. The summed E-state index contributed by atoms with van der Waals surface area (Å²) in [5.41, 5.74) is 5.59. The number of halogens is 2. The van der Waals surface area contributed by atoms with Gasteiger partial charge in [-0.2, -0.15) is 0 Å². The summed E-state index contributed by atoms with van der Waals surface area (Å²) < 4.78 is 29.4. The zero-order valence-electron chi connectivity index (χ0n) is 13.2. The van der Waals surface area contributed by atoms with Crippen LogP contribution < -0.4 is 15.2 Å². The van der Waals surface area contributed by atoms with Crippen LogP contribution in [0.4, 0.5) is 10.2 Å². The lowest BCUT2D eigenvalue weighted by molar-refractivity contribution is 0.0589. The minimum Gasteiger partial charge on any atom is -0.492 e. The number of rotatable bonds is 5. The average Bonchev–Trinajstić information content (AvgIpc) is 2.56. The Labute approximate surface area is 142 Å². The van der Waals surface area contributed by atoms with Crippen LogP contribution in [0.5, 0.6) is 11.5 Å². The summed E-state index contributed by atoms with van der Waals surface area (Å²) in [5, 5.41) is 0.0887. The normalized spacial score (nSPS) is 10.4. The van der Waals surface area contributed by atoms with E-state index in [1.807, 2.05) is 0 Å². The van der Waals surface area contributed by atoms with Gasteiger partial charge in [0, 0.05) is 0 Å². The number of hydrogen-bond donors (Lipinski definition) is 1. The van der Waals surface area contributed by atoms with Crippen LogP contribution in [0.2, 0.25) is 5.02 Å². The molecule has 0 radical (unpaired) electrons. The molecule has 128 valence electrons. The number of nitrogens with two attached hydrogens (primary N) is 1. The largest absolute Gasteiger partial charge is 0.492 e. The molecule has 0 fully saturated rings. The molecule has 24 heavy (non-hydrogen) atoms. The van der Waals surface area contributed by atoms with Crippen LogP contribution in [-0.2, 0) is 4.74 Å². The van der Waals surface area contributed by atoms with Crippen LogP contribution in [0, 0.1) is 5.82 Å². The van der Waals surface area contributed by atoms with Gasteiger partial charge in [0.2, 0.25) is 0 Å². The molecule has 0 unspecified atom stereocenters. The molecule has 0 aliphatic carbocycles. The monoisotopic (exact) mass is 355 g/mol. The van der Waals surface area contributed by atoms with E-state index in [4.69, 9.17) is 26.8 Å². The van der Waals surface area contributed by atoms with E-state index in [0.29, 0.717) is 0 Å². The van der Waals surface area contributed by atoms with Gasteiger partial charge < -0.3 is 19.9 Å². The van der Waals surface area contributed by atoms with Gasteiger partial charge >= 0.3 is 5.97 Å². The molecule has 1 aromatic carbocycles. The molecule has 0 spiro atoms. The molecule has 1 aromatic heterocycles. The van der Waals surface area contributed by atoms with Gasteiger partial charge in [-0.1, -0.05) is 11.6 Å². The van der Waals surface area contributed by atoms with Crippen molar-refractivity contribution < 1.29 is 23.4 Å².